The smallest absolute Gasteiger partial charge is 0.240 e. The van der Waals surface area contributed by atoms with Crippen molar-refractivity contribution in [3.05, 3.63) is 29.8 Å². The summed E-state index contributed by atoms with van der Waals surface area (Å²) in [5, 5.41) is 0. The van der Waals surface area contributed by atoms with E-state index in [-0.39, 0.29) is 11.9 Å². The average molecular weight is 304 g/mol. The van der Waals surface area contributed by atoms with Gasteiger partial charge in [0.15, 0.2) is 0 Å². The SMILES string of the molecule is CC1Cc2ccccc2N1C(=O)C1(C(N)=S)CCOCC1. The fraction of sp³-hybridized carbons (Fsp3) is 0.500. The highest BCUT2D eigenvalue weighted by atomic mass is 32.1. The first kappa shape index (κ1) is 14.5. The van der Waals surface area contributed by atoms with E-state index in [4.69, 9.17) is 22.7 Å². The van der Waals surface area contributed by atoms with E-state index in [2.05, 4.69) is 13.0 Å². The summed E-state index contributed by atoms with van der Waals surface area (Å²) in [6.45, 7) is 3.14. The average Bonchev–Trinajstić information content (AvgIpc) is 2.82. The van der Waals surface area contributed by atoms with Crippen molar-refractivity contribution in [2.45, 2.75) is 32.2 Å². The molecule has 1 aromatic carbocycles. The van der Waals surface area contributed by atoms with E-state index in [9.17, 15) is 4.79 Å². The number of hydrogen-bond acceptors (Lipinski definition) is 3. The third-order valence-corrected chi connectivity index (χ3v) is 5.04. The van der Waals surface area contributed by atoms with Crippen LogP contribution in [0.25, 0.3) is 0 Å². The Morgan fingerprint density at radius 3 is 2.71 bits per heavy atom. The predicted molar refractivity (Wildman–Crippen MR) is 86.4 cm³/mol. The summed E-state index contributed by atoms with van der Waals surface area (Å²) >= 11 is 5.25. The maximum Gasteiger partial charge on any atom is 0.240 e. The van der Waals surface area contributed by atoms with Crippen molar-refractivity contribution in [3.8, 4) is 0 Å². The van der Waals surface area contributed by atoms with Crippen LogP contribution in [0.15, 0.2) is 24.3 Å². The van der Waals surface area contributed by atoms with Gasteiger partial charge in [0.2, 0.25) is 5.91 Å². The van der Waals surface area contributed by atoms with Crippen molar-refractivity contribution in [2.24, 2.45) is 11.1 Å². The summed E-state index contributed by atoms with van der Waals surface area (Å²) in [5.41, 5.74) is 7.42. The van der Waals surface area contributed by atoms with Crippen molar-refractivity contribution in [3.63, 3.8) is 0 Å². The van der Waals surface area contributed by atoms with Crippen LogP contribution in [0.3, 0.4) is 0 Å². The van der Waals surface area contributed by atoms with Gasteiger partial charge in [-0.1, -0.05) is 30.4 Å². The van der Waals surface area contributed by atoms with Crippen molar-refractivity contribution in [2.75, 3.05) is 18.1 Å². The highest BCUT2D eigenvalue weighted by Crippen LogP contribution is 2.39. The number of amides is 1. The molecule has 3 rings (SSSR count). The molecule has 1 saturated heterocycles. The zero-order valence-corrected chi connectivity index (χ0v) is 13.0. The molecule has 0 bridgehead atoms. The van der Waals surface area contributed by atoms with E-state index in [0.29, 0.717) is 31.0 Å². The van der Waals surface area contributed by atoms with Gasteiger partial charge in [0, 0.05) is 24.9 Å². The molecule has 0 aliphatic carbocycles. The maximum absolute atomic E-state index is 13.2. The molecule has 2 aliphatic heterocycles. The number of ether oxygens (including phenoxy) is 1. The van der Waals surface area contributed by atoms with Crippen LogP contribution in [0.1, 0.15) is 25.3 Å². The van der Waals surface area contributed by atoms with E-state index in [1.54, 1.807) is 0 Å². The number of nitrogens with two attached hydrogens (primary N) is 1. The number of nitrogens with zero attached hydrogens (tertiary/aromatic N) is 1. The molecule has 0 spiro atoms. The van der Waals surface area contributed by atoms with Crippen LogP contribution in [0.4, 0.5) is 5.69 Å². The second-order valence-corrected chi connectivity index (χ2v) is 6.36. The van der Waals surface area contributed by atoms with Crippen LogP contribution in [0.2, 0.25) is 0 Å². The number of rotatable bonds is 2. The molecule has 5 heteroatoms. The van der Waals surface area contributed by atoms with Gasteiger partial charge in [-0.25, -0.2) is 0 Å². The van der Waals surface area contributed by atoms with Gasteiger partial charge in [-0.2, -0.15) is 0 Å². The molecule has 0 radical (unpaired) electrons. The summed E-state index contributed by atoms with van der Waals surface area (Å²) in [4.78, 5) is 15.4. The summed E-state index contributed by atoms with van der Waals surface area (Å²) in [5.74, 6) is 0.0377. The van der Waals surface area contributed by atoms with E-state index in [1.165, 1.54) is 5.56 Å². The third kappa shape index (κ3) is 2.24. The molecule has 0 saturated carbocycles. The molecule has 2 aliphatic rings. The first-order valence-corrected chi connectivity index (χ1v) is 7.76. The molecule has 0 aromatic heterocycles. The Bertz CT molecular complexity index is 581. The topological polar surface area (TPSA) is 55.6 Å². The van der Waals surface area contributed by atoms with Gasteiger partial charge < -0.3 is 15.4 Å². The molecule has 1 fully saturated rings. The molecular weight excluding hydrogens is 284 g/mol. The normalized spacial score (nSPS) is 23.7. The number of benzene rings is 1. The molecule has 1 unspecified atom stereocenters. The largest absolute Gasteiger partial charge is 0.392 e. The summed E-state index contributed by atoms with van der Waals surface area (Å²) in [6.07, 6.45) is 2.03. The van der Waals surface area contributed by atoms with Gasteiger partial charge in [-0.05, 0) is 37.8 Å². The molecule has 4 nitrogen and oxygen atoms in total. The second kappa shape index (κ2) is 5.39. The highest BCUT2D eigenvalue weighted by Gasteiger charge is 2.48. The summed E-state index contributed by atoms with van der Waals surface area (Å²) < 4.78 is 5.40. The van der Waals surface area contributed by atoms with Crippen molar-refractivity contribution in [1.29, 1.82) is 0 Å². The number of hydrogen-bond donors (Lipinski definition) is 1. The van der Waals surface area contributed by atoms with Gasteiger partial charge in [-0.15, -0.1) is 0 Å². The standard InChI is InChI=1S/C16H20N2O2S/c1-11-10-12-4-2-3-5-13(12)18(11)15(19)16(14(17)21)6-8-20-9-7-16/h2-5,11H,6-10H2,1H3,(H2,17,21). The van der Waals surface area contributed by atoms with Crippen LogP contribution < -0.4 is 10.6 Å². The lowest BCUT2D eigenvalue weighted by Gasteiger charge is -2.39. The first-order chi connectivity index (χ1) is 10.1. The molecule has 1 aromatic rings. The Labute approximate surface area is 130 Å². The third-order valence-electron chi connectivity index (χ3n) is 4.65. The van der Waals surface area contributed by atoms with Gasteiger partial charge in [0.1, 0.15) is 5.41 Å². The number of carbonyl (C=O) groups is 1. The Morgan fingerprint density at radius 2 is 2.05 bits per heavy atom. The minimum absolute atomic E-state index is 0.0377. The first-order valence-electron chi connectivity index (χ1n) is 7.35. The maximum atomic E-state index is 13.2. The van der Waals surface area contributed by atoms with Crippen molar-refractivity contribution >= 4 is 28.8 Å². The lowest BCUT2D eigenvalue weighted by atomic mass is 9.78. The van der Waals surface area contributed by atoms with Crippen LogP contribution in [-0.2, 0) is 16.0 Å². The fourth-order valence-corrected chi connectivity index (χ4v) is 3.68. The van der Waals surface area contributed by atoms with Crippen LogP contribution in [-0.4, -0.2) is 30.2 Å². The number of fused-ring (bicyclic) bond motifs is 1. The summed E-state index contributed by atoms with van der Waals surface area (Å²) in [7, 11) is 0. The number of anilines is 1. The summed E-state index contributed by atoms with van der Waals surface area (Å²) in [6, 6.07) is 8.20. The van der Waals surface area contributed by atoms with Crippen LogP contribution >= 0.6 is 12.2 Å². The zero-order valence-electron chi connectivity index (χ0n) is 12.2. The van der Waals surface area contributed by atoms with Gasteiger partial charge in [0.05, 0.1) is 4.99 Å². The number of para-hydroxylation sites is 1. The zero-order chi connectivity index (χ0) is 15.0. The Morgan fingerprint density at radius 1 is 1.38 bits per heavy atom. The van der Waals surface area contributed by atoms with Crippen molar-refractivity contribution in [1.82, 2.24) is 0 Å². The van der Waals surface area contributed by atoms with E-state index in [1.807, 2.05) is 23.1 Å². The lowest BCUT2D eigenvalue weighted by Crippen LogP contribution is -2.54. The highest BCUT2D eigenvalue weighted by molar-refractivity contribution is 7.80. The van der Waals surface area contributed by atoms with E-state index in [0.717, 1.165) is 12.1 Å². The van der Waals surface area contributed by atoms with Crippen LogP contribution in [0.5, 0.6) is 0 Å². The Balaban J connectivity index is 1.99. The molecule has 21 heavy (non-hydrogen) atoms. The Kier molecular flexibility index (Phi) is 3.71. The molecular formula is C16H20N2O2S. The number of carbonyl (C=O) groups excluding carboxylic acids is 1. The van der Waals surface area contributed by atoms with Crippen LogP contribution in [0, 0.1) is 5.41 Å². The monoisotopic (exact) mass is 304 g/mol. The Hall–Kier alpha value is -1.46. The quantitative estimate of drug-likeness (QED) is 0.850. The molecule has 112 valence electrons. The molecule has 1 atom stereocenters. The van der Waals surface area contributed by atoms with E-state index < -0.39 is 5.41 Å². The van der Waals surface area contributed by atoms with E-state index >= 15 is 0 Å². The molecule has 2 N–H and O–H groups in total. The minimum Gasteiger partial charge on any atom is -0.392 e. The fourth-order valence-electron chi connectivity index (χ4n) is 3.39. The molecule has 1 amide bonds. The predicted octanol–water partition coefficient (Wildman–Crippen LogP) is 2.05. The van der Waals surface area contributed by atoms with Crippen molar-refractivity contribution < 1.29 is 9.53 Å². The molecule has 2 heterocycles. The second-order valence-electron chi connectivity index (χ2n) is 5.92. The lowest BCUT2D eigenvalue weighted by molar-refractivity contribution is -0.129. The van der Waals surface area contributed by atoms with Gasteiger partial charge in [0.25, 0.3) is 0 Å². The van der Waals surface area contributed by atoms with Gasteiger partial charge >= 0.3 is 0 Å². The minimum atomic E-state index is -0.751. The van der Waals surface area contributed by atoms with Gasteiger partial charge in [-0.3, -0.25) is 4.79 Å². The number of thiocarbonyl (C=S) groups is 1.